The number of ether oxygens (including phenoxy) is 2. The van der Waals surface area contributed by atoms with Crippen LogP contribution in [0, 0.1) is 6.92 Å². The fraction of sp³-hybridized carbons (Fsp3) is 0.267. The van der Waals surface area contributed by atoms with Crippen LogP contribution in [0.25, 0.3) is 11.2 Å². The van der Waals surface area contributed by atoms with Crippen LogP contribution in [0.2, 0.25) is 0 Å². The fourth-order valence-corrected chi connectivity index (χ4v) is 2.40. The van der Waals surface area contributed by atoms with Gasteiger partial charge in [0.1, 0.15) is 17.4 Å². The van der Waals surface area contributed by atoms with Crippen molar-refractivity contribution in [2.24, 2.45) is 0 Å². The Bertz CT molecular complexity index is 922. The van der Waals surface area contributed by atoms with Crippen LogP contribution in [0.5, 0.6) is 11.8 Å². The van der Waals surface area contributed by atoms with Crippen LogP contribution in [-0.2, 0) is 6.54 Å². The molecule has 0 radical (unpaired) electrons. The maximum absolute atomic E-state index is 11.4. The van der Waals surface area contributed by atoms with Gasteiger partial charge < -0.3 is 19.1 Å². The SMILES string of the molecule is COc1cnc2c(C(=O)O)cn(Cc3ncnc(OC)c3C)c2n1. The first-order chi connectivity index (χ1) is 11.5. The van der Waals surface area contributed by atoms with Crippen molar-refractivity contribution in [3.05, 3.63) is 35.5 Å². The molecule has 0 atom stereocenters. The molecule has 3 aromatic heterocycles. The molecule has 3 rings (SSSR count). The van der Waals surface area contributed by atoms with Gasteiger partial charge in [0.2, 0.25) is 11.8 Å². The summed E-state index contributed by atoms with van der Waals surface area (Å²) in [6.07, 6.45) is 4.27. The minimum Gasteiger partial charge on any atom is -0.481 e. The van der Waals surface area contributed by atoms with Crippen molar-refractivity contribution >= 4 is 17.1 Å². The number of carboxylic acids is 1. The van der Waals surface area contributed by atoms with E-state index in [2.05, 4.69) is 19.9 Å². The Hall–Kier alpha value is -3.23. The molecular formula is C15H15N5O4. The van der Waals surface area contributed by atoms with Gasteiger partial charge in [-0.15, -0.1) is 0 Å². The van der Waals surface area contributed by atoms with Gasteiger partial charge in [-0.2, -0.15) is 4.98 Å². The molecule has 0 unspecified atom stereocenters. The van der Waals surface area contributed by atoms with Crippen LogP contribution < -0.4 is 9.47 Å². The molecule has 3 heterocycles. The van der Waals surface area contributed by atoms with Crippen LogP contribution in [-0.4, -0.2) is 49.8 Å². The Morgan fingerprint density at radius 3 is 2.71 bits per heavy atom. The molecule has 0 saturated heterocycles. The number of carbonyl (C=O) groups is 1. The Kier molecular flexibility index (Phi) is 3.98. The summed E-state index contributed by atoms with van der Waals surface area (Å²) in [4.78, 5) is 28.2. The predicted octanol–water partition coefficient (Wildman–Crippen LogP) is 1.29. The summed E-state index contributed by atoms with van der Waals surface area (Å²) in [5.74, 6) is -0.301. The number of nitrogens with zero attached hydrogens (tertiary/aromatic N) is 5. The molecule has 9 heteroatoms. The maximum Gasteiger partial charge on any atom is 0.339 e. The molecule has 9 nitrogen and oxygen atoms in total. The quantitative estimate of drug-likeness (QED) is 0.745. The Labute approximate surface area is 136 Å². The molecule has 0 aliphatic rings. The third-order valence-corrected chi connectivity index (χ3v) is 3.64. The van der Waals surface area contributed by atoms with Crippen LogP contribution in [0.15, 0.2) is 18.7 Å². The van der Waals surface area contributed by atoms with Crippen molar-refractivity contribution in [3.63, 3.8) is 0 Å². The number of aromatic nitrogens is 5. The van der Waals surface area contributed by atoms with E-state index in [9.17, 15) is 9.90 Å². The van der Waals surface area contributed by atoms with Crippen molar-refractivity contribution in [1.29, 1.82) is 0 Å². The van der Waals surface area contributed by atoms with Crippen LogP contribution >= 0.6 is 0 Å². The Morgan fingerprint density at radius 2 is 2.04 bits per heavy atom. The van der Waals surface area contributed by atoms with E-state index in [1.54, 1.807) is 4.57 Å². The summed E-state index contributed by atoms with van der Waals surface area (Å²) in [5, 5.41) is 9.37. The molecule has 1 N–H and O–H groups in total. The number of hydrogen-bond acceptors (Lipinski definition) is 7. The second kappa shape index (κ2) is 6.11. The molecule has 0 spiro atoms. The summed E-state index contributed by atoms with van der Waals surface area (Å²) in [6, 6.07) is 0. The van der Waals surface area contributed by atoms with Crippen LogP contribution in [0.3, 0.4) is 0 Å². The van der Waals surface area contributed by atoms with E-state index in [0.29, 0.717) is 35.2 Å². The second-order valence-corrected chi connectivity index (χ2v) is 5.02. The van der Waals surface area contributed by atoms with Gasteiger partial charge in [0.05, 0.1) is 32.7 Å². The van der Waals surface area contributed by atoms with Gasteiger partial charge in [-0.05, 0) is 6.92 Å². The van der Waals surface area contributed by atoms with Gasteiger partial charge in [0, 0.05) is 11.8 Å². The van der Waals surface area contributed by atoms with E-state index in [1.165, 1.54) is 32.9 Å². The molecule has 0 aliphatic carbocycles. The number of rotatable bonds is 5. The van der Waals surface area contributed by atoms with Crippen molar-refractivity contribution < 1.29 is 19.4 Å². The van der Waals surface area contributed by atoms with E-state index in [0.717, 1.165) is 5.56 Å². The molecule has 0 bridgehead atoms. The zero-order chi connectivity index (χ0) is 17.3. The van der Waals surface area contributed by atoms with Gasteiger partial charge in [-0.1, -0.05) is 0 Å². The standard InChI is InChI=1S/C15H15N5O4/c1-8-10(17-7-18-14(8)24-3)6-20-5-9(15(21)22)12-13(20)19-11(23-2)4-16-12/h4-5,7H,6H2,1-3H3,(H,21,22). The summed E-state index contributed by atoms with van der Waals surface area (Å²) in [7, 11) is 3.00. The van der Waals surface area contributed by atoms with Crippen molar-refractivity contribution in [1.82, 2.24) is 24.5 Å². The summed E-state index contributed by atoms with van der Waals surface area (Å²) in [6.45, 7) is 2.14. The first-order valence-electron chi connectivity index (χ1n) is 7.02. The number of carboxylic acid groups (broad SMARTS) is 1. The largest absolute Gasteiger partial charge is 0.481 e. The third kappa shape index (κ3) is 2.60. The molecule has 0 amide bonds. The average Bonchev–Trinajstić information content (AvgIpc) is 2.95. The fourth-order valence-electron chi connectivity index (χ4n) is 2.40. The van der Waals surface area contributed by atoms with Crippen molar-refractivity contribution in [3.8, 4) is 11.8 Å². The van der Waals surface area contributed by atoms with Gasteiger partial charge in [-0.25, -0.2) is 19.7 Å². The van der Waals surface area contributed by atoms with Gasteiger partial charge in [0.15, 0.2) is 5.65 Å². The minimum atomic E-state index is -1.07. The summed E-state index contributed by atoms with van der Waals surface area (Å²) < 4.78 is 11.9. The zero-order valence-corrected chi connectivity index (χ0v) is 13.3. The first-order valence-corrected chi connectivity index (χ1v) is 7.02. The molecule has 0 aromatic carbocycles. The lowest BCUT2D eigenvalue weighted by molar-refractivity contribution is 0.0698. The second-order valence-electron chi connectivity index (χ2n) is 5.02. The van der Waals surface area contributed by atoms with Gasteiger partial charge in [0.25, 0.3) is 0 Å². The lowest BCUT2D eigenvalue weighted by Crippen LogP contribution is -2.06. The molecular weight excluding hydrogens is 314 g/mol. The molecule has 124 valence electrons. The average molecular weight is 329 g/mol. The van der Waals surface area contributed by atoms with E-state index < -0.39 is 5.97 Å². The van der Waals surface area contributed by atoms with Crippen LogP contribution in [0.4, 0.5) is 0 Å². The molecule has 3 aromatic rings. The van der Waals surface area contributed by atoms with E-state index in [-0.39, 0.29) is 5.56 Å². The first kappa shape index (κ1) is 15.7. The zero-order valence-electron chi connectivity index (χ0n) is 13.3. The lowest BCUT2D eigenvalue weighted by Gasteiger charge is -2.09. The van der Waals surface area contributed by atoms with Gasteiger partial charge in [-0.3, -0.25) is 0 Å². The highest BCUT2D eigenvalue weighted by molar-refractivity contribution is 6.00. The van der Waals surface area contributed by atoms with E-state index in [1.807, 2.05) is 6.92 Å². The molecule has 24 heavy (non-hydrogen) atoms. The van der Waals surface area contributed by atoms with Crippen molar-refractivity contribution in [2.45, 2.75) is 13.5 Å². The molecule has 0 aliphatic heterocycles. The normalized spacial score (nSPS) is 10.8. The predicted molar refractivity (Wildman–Crippen MR) is 83.5 cm³/mol. The van der Waals surface area contributed by atoms with Gasteiger partial charge >= 0.3 is 5.97 Å². The minimum absolute atomic E-state index is 0.0684. The highest BCUT2D eigenvalue weighted by atomic mass is 16.5. The monoisotopic (exact) mass is 329 g/mol. The number of fused-ring (bicyclic) bond motifs is 1. The van der Waals surface area contributed by atoms with E-state index >= 15 is 0 Å². The highest BCUT2D eigenvalue weighted by Crippen LogP contribution is 2.23. The number of hydrogen-bond donors (Lipinski definition) is 1. The third-order valence-electron chi connectivity index (χ3n) is 3.64. The molecule has 0 saturated carbocycles. The van der Waals surface area contributed by atoms with Crippen LogP contribution in [0.1, 0.15) is 21.6 Å². The number of aromatic carboxylic acids is 1. The maximum atomic E-state index is 11.4. The summed E-state index contributed by atoms with van der Waals surface area (Å²) in [5.41, 5.74) is 2.24. The smallest absolute Gasteiger partial charge is 0.339 e. The van der Waals surface area contributed by atoms with E-state index in [4.69, 9.17) is 9.47 Å². The number of methoxy groups -OCH3 is 2. The topological polar surface area (TPSA) is 112 Å². The highest BCUT2D eigenvalue weighted by Gasteiger charge is 2.19. The molecule has 0 fully saturated rings. The van der Waals surface area contributed by atoms with Crippen molar-refractivity contribution in [2.75, 3.05) is 14.2 Å². The summed E-state index contributed by atoms with van der Waals surface area (Å²) >= 11 is 0. The Morgan fingerprint density at radius 1 is 1.25 bits per heavy atom. The lowest BCUT2D eigenvalue weighted by atomic mass is 10.2. The Balaban J connectivity index is 2.14.